The average Bonchev–Trinajstić information content (AvgIpc) is 3.58. The molecule has 3 aromatic rings. The fourth-order valence-corrected chi connectivity index (χ4v) is 7.07. The van der Waals surface area contributed by atoms with Gasteiger partial charge < -0.3 is 30.2 Å². The first-order valence-electron chi connectivity index (χ1n) is 13.8. The molecular formula is C28H34Cl2N6O4S. The van der Waals surface area contributed by atoms with Crippen molar-refractivity contribution in [3.05, 3.63) is 50.6 Å². The molecule has 5 heterocycles. The molecule has 1 aromatic carbocycles. The third-order valence-corrected chi connectivity index (χ3v) is 9.39. The van der Waals surface area contributed by atoms with Gasteiger partial charge >= 0.3 is 0 Å². The summed E-state index contributed by atoms with van der Waals surface area (Å²) in [5.41, 5.74) is 2.21. The van der Waals surface area contributed by atoms with Gasteiger partial charge in [-0.3, -0.25) is 14.4 Å². The van der Waals surface area contributed by atoms with Crippen molar-refractivity contribution in [3.8, 4) is 0 Å². The molecule has 2 saturated heterocycles. The number of rotatable bonds is 5. The van der Waals surface area contributed by atoms with Gasteiger partial charge in [-0.05, 0) is 50.6 Å². The molecule has 0 radical (unpaired) electrons. The largest absolute Gasteiger partial charge is 0.381 e. The van der Waals surface area contributed by atoms with Crippen LogP contribution in [0.3, 0.4) is 0 Å². The Kier molecular flexibility index (Phi) is 9.20. The van der Waals surface area contributed by atoms with Crippen molar-refractivity contribution in [2.75, 3.05) is 39.9 Å². The van der Waals surface area contributed by atoms with E-state index in [9.17, 15) is 14.4 Å². The van der Waals surface area contributed by atoms with E-state index in [0.29, 0.717) is 61.3 Å². The molecule has 41 heavy (non-hydrogen) atoms. The number of aromatic nitrogens is 2. The van der Waals surface area contributed by atoms with Crippen LogP contribution in [0.1, 0.15) is 50.1 Å². The Morgan fingerprint density at radius 1 is 1.07 bits per heavy atom. The highest BCUT2D eigenvalue weighted by Gasteiger charge is 2.37. The van der Waals surface area contributed by atoms with Crippen molar-refractivity contribution in [1.29, 1.82) is 0 Å². The van der Waals surface area contributed by atoms with Crippen LogP contribution >= 0.6 is 35.3 Å². The predicted octanol–water partition coefficient (Wildman–Crippen LogP) is 3.24. The number of nitrogens with zero attached hydrogens (tertiary/aromatic N) is 3. The van der Waals surface area contributed by atoms with Crippen molar-refractivity contribution >= 4 is 64.0 Å². The number of aromatic amines is 1. The highest BCUT2D eigenvalue weighted by Crippen LogP contribution is 2.26. The van der Waals surface area contributed by atoms with E-state index in [4.69, 9.17) is 16.3 Å². The maximum atomic E-state index is 13.4. The number of likely N-dealkylation sites (N-methyl/N-ethyl adjacent to an activating group) is 1. The Balaban J connectivity index is 0.00000337. The van der Waals surface area contributed by atoms with E-state index in [2.05, 4.69) is 32.5 Å². The summed E-state index contributed by atoms with van der Waals surface area (Å²) < 4.78 is 5.44. The van der Waals surface area contributed by atoms with E-state index in [-0.39, 0.29) is 42.1 Å². The van der Waals surface area contributed by atoms with Gasteiger partial charge in [0.05, 0.1) is 17.8 Å². The van der Waals surface area contributed by atoms with E-state index in [1.807, 2.05) is 11.0 Å². The third kappa shape index (κ3) is 6.54. The first-order valence-corrected chi connectivity index (χ1v) is 15.0. The van der Waals surface area contributed by atoms with Gasteiger partial charge in [-0.1, -0.05) is 11.6 Å². The molecule has 2 aromatic heterocycles. The van der Waals surface area contributed by atoms with Crippen molar-refractivity contribution < 1.29 is 19.1 Å². The molecule has 220 valence electrons. The number of piperidine rings is 1. The molecule has 6 rings (SSSR count). The Labute approximate surface area is 253 Å². The molecule has 2 atom stereocenters. The van der Waals surface area contributed by atoms with Crippen LogP contribution in [-0.2, 0) is 22.5 Å². The quantitative estimate of drug-likeness (QED) is 0.403. The van der Waals surface area contributed by atoms with Crippen LogP contribution in [0.4, 0.5) is 0 Å². The molecule has 0 saturated carbocycles. The fourth-order valence-electron chi connectivity index (χ4n) is 5.80. The number of thiazole rings is 1. The fraction of sp³-hybridized carbons (Fsp3) is 0.500. The molecule has 3 aliphatic heterocycles. The van der Waals surface area contributed by atoms with Crippen LogP contribution in [-0.4, -0.2) is 89.5 Å². The van der Waals surface area contributed by atoms with Crippen LogP contribution in [0.5, 0.6) is 0 Å². The van der Waals surface area contributed by atoms with Crippen molar-refractivity contribution in [1.82, 2.24) is 30.4 Å². The number of likely N-dealkylation sites (tertiary alicyclic amines) is 1. The summed E-state index contributed by atoms with van der Waals surface area (Å²) in [5, 5.41) is 8.09. The summed E-state index contributed by atoms with van der Waals surface area (Å²) in [4.78, 5) is 53.0. The number of hydrogen-bond donors (Lipinski definition) is 3. The van der Waals surface area contributed by atoms with E-state index in [1.165, 1.54) is 11.3 Å². The highest BCUT2D eigenvalue weighted by atomic mass is 35.5. The topological polar surface area (TPSA) is 120 Å². The van der Waals surface area contributed by atoms with E-state index in [0.717, 1.165) is 41.0 Å². The number of hydrogen-bond acceptors (Lipinski definition) is 7. The first-order chi connectivity index (χ1) is 19.3. The molecule has 3 aliphatic rings. The number of amides is 3. The molecule has 3 amide bonds. The summed E-state index contributed by atoms with van der Waals surface area (Å²) >= 11 is 7.54. The third-order valence-electron chi connectivity index (χ3n) is 8.07. The normalized spacial score (nSPS) is 21.7. The minimum Gasteiger partial charge on any atom is -0.381 e. The van der Waals surface area contributed by atoms with Crippen molar-refractivity contribution in [2.24, 2.45) is 5.92 Å². The minimum atomic E-state index is -0.462. The number of ether oxygens (including phenoxy) is 1. The minimum absolute atomic E-state index is 0. The Hall–Kier alpha value is -2.70. The Morgan fingerprint density at radius 3 is 2.66 bits per heavy atom. The maximum Gasteiger partial charge on any atom is 0.280 e. The lowest BCUT2D eigenvalue weighted by Gasteiger charge is -2.40. The van der Waals surface area contributed by atoms with E-state index < -0.39 is 6.04 Å². The average molecular weight is 622 g/mol. The number of fused-ring (bicyclic) bond motifs is 2. The van der Waals surface area contributed by atoms with Gasteiger partial charge in [-0.2, -0.15) is 0 Å². The maximum absolute atomic E-state index is 13.4. The standard InChI is InChI=1S/C28H33ClN6O4S.ClH/c1-34-8-4-21-24(15-34)40-27(33-21)26(37)32-23-14-35(28(38)16-6-10-39-11-7-16)9-5-20(23)31-25(36)22-13-17-12-18(29)2-3-19(17)30-22;/h2-3,12-13,16,20,23,30H,4-11,14-15H2,1H3,(H,31,36)(H,32,37);1H. The SMILES string of the molecule is CN1CCc2nc(C(=O)NC3CN(C(=O)C4CCOCC4)CCC3NC(=O)c3cc4cc(Cl)ccc4[nH]3)sc2C1.Cl. The number of nitrogens with one attached hydrogen (secondary N) is 3. The van der Waals surface area contributed by atoms with Gasteiger partial charge in [0, 0.05) is 72.5 Å². The summed E-state index contributed by atoms with van der Waals surface area (Å²) in [6.07, 6.45) is 2.75. The van der Waals surface area contributed by atoms with Gasteiger partial charge in [0.1, 0.15) is 5.69 Å². The Morgan fingerprint density at radius 2 is 1.85 bits per heavy atom. The van der Waals surface area contributed by atoms with E-state index >= 15 is 0 Å². The summed E-state index contributed by atoms with van der Waals surface area (Å²) in [6.45, 7) is 3.70. The van der Waals surface area contributed by atoms with Crippen LogP contribution in [0, 0.1) is 5.92 Å². The molecule has 10 nitrogen and oxygen atoms in total. The van der Waals surface area contributed by atoms with Crippen LogP contribution in [0.25, 0.3) is 10.9 Å². The lowest BCUT2D eigenvalue weighted by Crippen LogP contribution is -2.62. The number of carbonyl (C=O) groups is 3. The number of halogens is 2. The molecular weight excluding hydrogens is 587 g/mol. The second-order valence-electron chi connectivity index (χ2n) is 10.9. The molecule has 0 spiro atoms. The van der Waals surface area contributed by atoms with Gasteiger partial charge in [0.2, 0.25) is 5.91 Å². The number of carbonyl (C=O) groups excluding carboxylic acids is 3. The van der Waals surface area contributed by atoms with Crippen LogP contribution in [0.2, 0.25) is 5.02 Å². The van der Waals surface area contributed by atoms with Crippen molar-refractivity contribution in [3.63, 3.8) is 0 Å². The zero-order chi connectivity index (χ0) is 27.8. The summed E-state index contributed by atoms with van der Waals surface area (Å²) in [7, 11) is 2.06. The molecule has 0 aliphatic carbocycles. The molecule has 2 unspecified atom stereocenters. The highest BCUT2D eigenvalue weighted by molar-refractivity contribution is 7.13. The van der Waals surface area contributed by atoms with Crippen molar-refractivity contribution in [2.45, 2.75) is 44.3 Å². The summed E-state index contributed by atoms with van der Waals surface area (Å²) in [5.74, 6) is -0.523. The number of H-pyrrole nitrogens is 1. The van der Waals surface area contributed by atoms with E-state index in [1.54, 1.807) is 18.2 Å². The molecule has 3 N–H and O–H groups in total. The lowest BCUT2D eigenvalue weighted by atomic mass is 9.94. The number of benzene rings is 1. The smallest absolute Gasteiger partial charge is 0.280 e. The lowest BCUT2D eigenvalue weighted by molar-refractivity contribution is -0.140. The predicted molar refractivity (Wildman–Crippen MR) is 160 cm³/mol. The molecule has 0 bridgehead atoms. The second kappa shape index (κ2) is 12.7. The van der Waals surface area contributed by atoms with Crippen LogP contribution in [0.15, 0.2) is 24.3 Å². The van der Waals surface area contributed by atoms with Gasteiger partial charge in [0.25, 0.3) is 11.8 Å². The molecule has 13 heteroatoms. The second-order valence-corrected chi connectivity index (χ2v) is 12.4. The summed E-state index contributed by atoms with van der Waals surface area (Å²) in [6, 6.07) is 6.36. The van der Waals surface area contributed by atoms with Crippen LogP contribution < -0.4 is 10.6 Å². The zero-order valence-corrected chi connectivity index (χ0v) is 25.2. The monoisotopic (exact) mass is 620 g/mol. The van der Waals surface area contributed by atoms with Gasteiger partial charge in [-0.25, -0.2) is 4.98 Å². The zero-order valence-electron chi connectivity index (χ0n) is 22.8. The van der Waals surface area contributed by atoms with Gasteiger partial charge in [0.15, 0.2) is 5.01 Å². The Bertz CT molecular complexity index is 1440. The first kappa shape index (κ1) is 29.8. The van der Waals surface area contributed by atoms with Gasteiger partial charge in [-0.15, -0.1) is 23.7 Å². The molecule has 2 fully saturated rings.